The third-order valence-corrected chi connectivity index (χ3v) is 7.03. The lowest BCUT2D eigenvalue weighted by Crippen LogP contribution is -2.40. The second-order valence-corrected chi connectivity index (χ2v) is 11.8. The molecular weight excluding hydrogens is 668 g/mol. The minimum Gasteiger partial charge on any atom is -0.481 e. The summed E-state index contributed by atoms with van der Waals surface area (Å²) in [6.07, 6.45) is 13.4. The monoisotopic (exact) mass is 734 g/mol. The lowest BCUT2D eigenvalue weighted by atomic mass is 10.1. The van der Waals surface area contributed by atoms with Crippen molar-refractivity contribution < 1.29 is 57.9 Å². The molecule has 0 bridgehead atoms. The first-order valence-corrected chi connectivity index (χ1v) is 18.4. The molecule has 0 aromatic carbocycles. The third kappa shape index (κ3) is 41.0. The predicted molar refractivity (Wildman–Crippen MR) is 191 cm³/mol. The molecule has 0 aliphatic carbocycles. The Morgan fingerprint density at radius 1 is 0.529 bits per heavy atom. The van der Waals surface area contributed by atoms with Gasteiger partial charge in [0.05, 0.1) is 39.6 Å². The molecule has 0 aromatic heterocycles. The van der Waals surface area contributed by atoms with Crippen LogP contribution in [0.3, 0.4) is 0 Å². The molecule has 0 aliphatic rings. The molecule has 0 saturated heterocycles. The molecule has 0 aromatic rings. The molecule has 6 N–H and O–H groups in total. The first kappa shape index (κ1) is 49.8. The van der Waals surface area contributed by atoms with E-state index in [-0.39, 0.29) is 76.7 Å². The minimum absolute atomic E-state index is 0.00439. The molecule has 298 valence electrons. The summed E-state index contributed by atoms with van der Waals surface area (Å²) in [5.41, 5.74) is 0. The highest BCUT2D eigenvalue weighted by Crippen LogP contribution is 2.10. The van der Waals surface area contributed by atoms with Gasteiger partial charge in [-0.2, -0.15) is 0 Å². The second kappa shape index (κ2) is 37.9. The molecule has 51 heavy (non-hydrogen) atoms. The Labute approximate surface area is 303 Å². The van der Waals surface area contributed by atoms with Gasteiger partial charge in [0.2, 0.25) is 23.6 Å². The molecule has 0 radical (unpaired) electrons. The van der Waals surface area contributed by atoms with Crippen LogP contribution in [0.25, 0.3) is 0 Å². The maximum atomic E-state index is 11.7. The summed E-state index contributed by atoms with van der Waals surface area (Å²) >= 11 is 0. The van der Waals surface area contributed by atoms with Crippen molar-refractivity contribution in [1.82, 2.24) is 21.3 Å². The van der Waals surface area contributed by atoms with Crippen molar-refractivity contribution in [3.8, 4) is 0 Å². The predicted octanol–water partition coefficient (Wildman–Crippen LogP) is 2.56. The van der Waals surface area contributed by atoms with Crippen LogP contribution in [0, 0.1) is 0 Å². The molecule has 1 atom stereocenters. The van der Waals surface area contributed by atoms with Crippen molar-refractivity contribution in [3.05, 3.63) is 0 Å². The number of carbonyl (C=O) groups is 6. The van der Waals surface area contributed by atoms with E-state index in [0.29, 0.717) is 32.7 Å². The van der Waals surface area contributed by atoms with E-state index in [1.54, 1.807) is 0 Å². The normalized spacial score (nSPS) is 11.1. The van der Waals surface area contributed by atoms with Crippen LogP contribution in [0.4, 0.5) is 0 Å². The lowest BCUT2D eigenvalue weighted by Gasteiger charge is -2.13. The number of amides is 4. The zero-order chi connectivity index (χ0) is 38.4. The average Bonchev–Trinajstić information content (AvgIpc) is 3.08. The first-order chi connectivity index (χ1) is 24.5. The van der Waals surface area contributed by atoms with Gasteiger partial charge in [0.25, 0.3) is 0 Å². The highest BCUT2D eigenvalue weighted by atomic mass is 16.5. The van der Waals surface area contributed by atoms with Crippen LogP contribution in [0.2, 0.25) is 0 Å². The largest absolute Gasteiger partial charge is 0.481 e. The summed E-state index contributed by atoms with van der Waals surface area (Å²) in [5, 5.41) is 27.6. The molecule has 0 spiro atoms. The highest BCUT2D eigenvalue weighted by molar-refractivity contribution is 5.83. The molecule has 16 nitrogen and oxygen atoms in total. The van der Waals surface area contributed by atoms with E-state index >= 15 is 0 Å². The van der Waals surface area contributed by atoms with Gasteiger partial charge < -0.3 is 50.4 Å². The van der Waals surface area contributed by atoms with Crippen molar-refractivity contribution in [2.24, 2.45) is 0 Å². The summed E-state index contributed by atoms with van der Waals surface area (Å²) in [7, 11) is 0. The minimum atomic E-state index is -1.20. The molecule has 4 amide bonds. The number of unbranched alkanes of at least 4 members (excludes halogenated alkanes) is 9. The van der Waals surface area contributed by atoms with Gasteiger partial charge in [-0.3, -0.25) is 24.0 Å². The van der Waals surface area contributed by atoms with E-state index < -0.39 is 23.9 Å². The summed E-state index contributed by atoms with van der Waals surface area (Å²) in [5.74, 6) is -3.14. The Kier molecular flexibility index (Phi) is 37.0. The van der Waals surface area contributed by atoms with Gasteiger partial charge in [0.15, 0.2) is 0 Å². The lowest BCUT2D eigenvalue weighted by molar-refractivity contribution is -0.142. The number of aliphatic carboxylic acids is 2. The molecular formula is C35H66N4O12. The second-order valence-electron chi connectivity index (χ2n) is 11.8. The molecule has 16 heteroatoms. The van der Waals surface area contributed by atoms with Gasteiger partial charge in [-0.15, -0.1) is 0 Å². The molecule has 0 aliphatic heterocycles. The maximum Gasteiger partial charge on any atom is 0.326 e. The van der Waals surface area contributed by atoms with Crippen LogP contribution in [0.5, 0.6) is 0 Å². The van der Waals surface area contributed by atoms with E-state index in [4.69, 9.17) is 29.2 Å². The Balaban J connectivity index is 0. The molecule has 0 fully saturated rings. The number of carbonyl (C=O) groups excluding carboxylic acids is 4. The van der Waals surface area contributed by atoms with Gasteiger partial charge >= 0.3 is 11.9 Å². The van der Waals surface area contributed by atoms with E-state index in [9.17, 15) is 28.8 Å². The fourth-order valence-electron chi connectivity index (χ4n) is 4.25. The van der Waals surface area contributed by atoms with Crippen LogP contribution in [-0.4, -0.2) is 124 Å². The summed E-state index contributed by atoms with van der Waals surface area (Å²) in [4.78, 5) is 67.0. The maximum absolute atomic E-state index is 11.7. The molecule has 0 unspecified atom stereocenters. The number of rotatable bonds is 34. The zero-order valence-electron chi connectivity index (χ0n) is 31.2. The van der Waals surface area contributed by atoms with Gasteiger partial charge in [-0.1, -0.05) is 71.6 Å². The third-order valence-electron chi connectivity index (χ3n) is 7.03. The van der Waals surface area contributed by atoms with Gasteiger partial charge in [-0.25, -0.2) is 4.79 Å². The fourth-order valence-corrected chi connectivity index (χ4v) is 4.25. The molecule has 0 heterocycles. The zero-order valence-corrected chi connectivity index (χ0v) is 31.2. The number of hydrogen-bond acceptors (Lipinski definition) is 10. The number of carboxylic acids is 2. The topological polar surface area (TPSA) is 228 Å². The average molecular weight is 735 g/mol. The number of nitrogens with one attached hydrogen (secondary N) is 4. The number of ether oxygens (including phenoxy) is 4. The van der Waals surface area contributed by atoms with Crippen LogP contribution >= 0.6 is 0 Å². The van der Waals surface area contributed by atoms with Crippen LogP contribution in [0.15, 0.2) is 0 Å². The summed E-state index contributed by atoms with van der Waals surface area (Å²) < 4.78 is 21.0. The summed E-state index contributed by atoms with van der Waals surface area (Å²) in [6.45, 7) is 8.08. The van der Waals surface area contributed by atoms with Crippen LogP contribution in [0.1, 0.15) is 111 Å². The quantitative estimate of drug-likeness (QED) is 0.0525. The van der Waals surface area contributed by atoms with Crippen LogP contribution in [-0.2, 0) is 47.7 Å². The van der Waals surface area contributed by atoms with E-state index in [1.807, 2.05) is 6.92 Å². The van der Waals surface area contributed by atoms with Crippen molar-refractivity contribution in [1.29, 1.82) is 0 Å². The van der Waals surface area contributed by atoms with Crippen molar-refractivity contribution in [2.45, 2.75) is 117 Å². The Morgan fingerprint density at radius 2 is 0.980 bits per heavy atom. The smallest absolute Gasteiger partial charge is 0.326 e. The molecule has 0 rings (SSSR count). The van der Waals surface area contributed by atoms with Crippen molar-refractivity contribution in [3.63, 3.8) is 0 Å². The van der Waals surface area contributed by atoms with Gasteiger partial charge in [0.1, 0.15) is 19.3 Å². The summed E-state index contributed by atoms with van der Waals surface area (Å²) in [6, 6.07) is -1.11. The SMILES string of the molecule is CCCCCCCCCCCC(=O)O.CCCCNC(=O)COCCOCCNC(=O)COCCOCCNC(=O)CC[C@H](NC(C)=O)C(=O)O. The first-order valence-electron chi connectivity index (χ1n) is 18.4. The standard InChI is InChI=1S/C23H42N4O10.C12H24O2/c1-3-4-7-24-21(30)16-36-14-13-35-11-9-26-22(31)17-37-15-12-34-10-8-25-20(29)6-5-19(23(32)33)27-18(2)28;1-2-3-4-5-6-7-8-9-10-11-12(13)14/h19H,3-17H2,1-2H3,(H,24,30)(H,25,29)(H,26,31)(H,27,28)(H,32,33);2-11H2,1H3,(H,13,14)/t19-;/m0./s1. The van der Waals surface area contributed by atoms with E-state index in [1.165, 1.54) is 51.9 Å². The fraction of sp³-hybridized carbons (Fsp3) is 0.829. The Bertz CT molecular complexity index is 923. The number of hydrogen-bond donors (Lipinski definition) is 6. The Morgan fingerprint density at radius 3 is 1.45 bits per heavy atom. The van der Waals surface area contributed by atoms with Crippen molar-refractivity contribution >= 4 is 35.6 Å². The van der Waals surface area contributed by atoms with E-state index in [0.717, 1.165) is 25.7 Å². The van der Waals surface area contributed by atoms with E-state index in [2.05, 4.69) is 28.2 Å². The van der Waals surface area contributed by atoms with Crippen LogP contribution < -0.4 is 21.3 Å². The van der Waals surface area contributed by atoms with Gasteiger partial charge in [-0.05, 0) is 19.3 Å². The Hall–Kier alpha value is -3.34. The highest BCUT2D eigenvalue weighted by Gasteiger charge is 2.19. The number of carboxylic acid groups (broad SMARTS) is 2. The van der Waals surface area contributed by atoms with Gasteiger partial charge in [0, 0.05) is 39.4 Å². The van der Waals surface area contributed by atoms with Crippen molar-refractivity contribution in [2.75, 3.05) is 72.5 Å². The molecule has 0 saturated carbocycles.